The fourth-order valence-corrected chi connectivity index (χ4v) is 4.12. The third-order valence-corrected chi connectivity index (χ3v) is 5.38. The molecule has 0 bridgehead atoms. The summed E-state index contributed by atoms with van der Waals surface area (Å²) in [6.07, 6.45) is -2.10. The molecule has 2 aliphatic rings. The Morgan fingerprint density at radius 1 is 1.22 bits per heavy atom. The van der Waals surface area contributed by atoms with E-state index in [4.69, 9.17) is 4.74 Å². The second kappa shape index (κ2) is 7.88. The number of hydrogen-bond acceptors (Lipinski definition) is 3. The molecule has 0 spiro atoms. The zero-order valence-electron chi connectivity index (χ0n) is 15.2. The van der Waals surface area contributed by atoms with E-state index in [9.17, 15) is 22.8 Å². The first kappa shape index (κ1) is 19.7. The molecular weight excluding hydrogens is 361 g/mol. The third-order valence-electron chi connectivity index (χ3n) is 5.38. The van der Waals surface area contributed by atoms with Crippen molar-refractivity contribution in [3.8, 4) is 0 Å². The largest absolute Gasteiger partial charge is 0.416 e. The van der Waals surface area contributed by atoms with Gasteiger partial charge in [-0.3, -0.25) is 9.59 Å². The fourth-order valence-electron chi connectivity index (χ4n) is 4.12. The standard InChI is InChI=1S/C19H23F3N2O3/c1-27-12-17(25)24-8-3-5-14-11-23(9-7-16(14)24)18(26)13-4-2-6-15(10-13)19(20,21)22/h2,4,6,10,14,16H,3,5,7-9,11-12H2,1H3/t14-,16-/m1/s1. The number of ether oxygens (including phenoxy) is 1. The van der Waals surface area contributed by atoms with Crippen LogP contribution >= 0.6 is 0 Å². The maximum absolute atomic E-state index is 12.9. The van der Waals surface area contributed by atoms with Crippen molar-refractivity contribution < 1.29 is 27.5 Å². The van der Waals surface area contributed by atoms with E-state index in [1.54, 1.807) is 4.90 Å². The molecule has 0 radical (unpaired) electrons. The highest BCUT2D eigenvalue weighted by atomic mass is 19.4. The SMILES string of the molecule is COCC(=O)N1CCC[C@@H]2CN(C(=O)c3cccc(C(F)(F)F)c3)CC[C@H]21. The van der Waals surface area contributed by atoms with Gasteiger partial charge in [-0.2, -0.15) is 13.2 Å². The Kier molecular flexibility index (Phi) is 5.74. The number of amides is 2. The van der Waals surface area contributed by atoms with Gasteiger partial charge in [-0.25, -0.2) is 0 Å². The van der Waals surface area contributed by atoms with Crippen LogP contribution in [0.15, 0.2) is 24.3 Å². The molecule has 2 saturated heterocycles. The monoisotopic (exact) mass is 384 g/mol. The summed E-state index contributed by atoms with van der Waals surface area (Å²) in [6.45, 7) is 1.60. The molecule has 0 saturated carbocycles. The predicted octanol–water partition coefficient (Wildman–Crippen LogP) is 2.80. The van der Waals surface area contributed by atoms with E-state index in [1.807, 2.05) is 4.90 Å². The minimum Gasteiger partial charge on any atom is -0.375 e. The second-order valence-corrected chi connectivity index (χ2v) is 7.11. The number of hydrogen-bond donors (Lipinski definition) is 0. The highest BCUT2D eigenvalue weighted by Crippen LogP contribution is 2.33. The van der Waals surface area contributed by atoms with E-state index in [2.05, 4.69) is 0 Å². The van der Waals surface area contributed by atoms with Crippen LogP contribution in [0.2, 0.25) is 0 Å². The summed E-state index contributed by atoms with van der Waals surface area (Å²) >= 11 is 0. The minimum absolute atomic E-state index is 0.0378. The van der Waals surface area contributed by atoms with E-state index in [-0.39, 0.29) is 35.9 Å². The first-order valence-electron chi connectivity index (χ1n) is 9.06. The summed E-state index contributed by atoms with van der Waals surface area (Å²) in [7, 11) is 1.48. The van der Waals surface area contributed by atoms with Gasteiger partial charge < -0.3 is 14.5 Å². The van der Waals surface area contributed by atoms with Crippen molar-refractivity contribution in [2.24, 2.45) is 5.92 Å². The Labute approximate surface area is 156 Å². The lowest BCUT2D eigenvalue weighted by Gasteiger charge is -2.47. The van der Waals surface area contributed by atoms with Crippen molar-refractivity contribution in [2.75, 3.05) is 33.4 Å². The molecule has 2 atom stereocenters. The third kappa shape index (κ3) is 4.26. The molecule has 0 aromatic heterocycles. The zero-order valence-corrected chi connectivity index (χ0v) is 15.2. The van der Waals surface area contributed by atoms with E-state index < -0.39 is 11.7 Å². The van der Waals surface area contributed by atoms with Crippen LogP contribution in [0.4, 0.5) is 13.2 Å². The van der Waals surface area contributed by atoms with Crippen molar-refractivity contribution in [3.05, 3.63) is 35.4 Å². The maximum Gasteiger partial charge on any atom is 0.416 e. The van der Waals surface area contributed by atoms with Crippen LogP contribution in [-0.2, 0) is 15.7 Å². The average molecular weight is 384 g/mol. The Bertz CT molecular complexity index is 708. The Morgan fingerprint density at radius 2 is 2.00 bits per heavy atom. The molecule has 2 fully saturated rings. The van der Waals surface area contributed by atoms with Gasteiger partial charge in [0.05, 0.1) is 5.56 Å². The van der Waals surface area contributed by atoms with Crippen molar-refractivity contribution in [2.45, 2.75) is 31.5 Å². The molecule has 5 nitrogen and oxygen atoms in total. The topological polar surface area (TPSA) is 49.9 Å². The number of nitrogens with zero attached hydrogens (tertiary/aromatic N) is 2. The van der Waals surface area contributed by atoms with Crippen molar-refractivity contribution >= 4 is 11.8 Å². The lowest BCUT2D eigenvalue weighted by Crippen LogP contribution is -2.57. The second-order valence-electron chi connectivity index (χ2n) is 7.11. The molecule has 1 aromatic carbocycles. The molecule has 1 aromatic rings. The molecule has 0 unspecified atom stereocenters. The van der Waals surface area contributed by atoms with E-state index >= 15 is 0 Å². The van der Waals surface area contributed by atoms with Crippen molar-refractivity contribution in [1.82, 2.24) is 9.80 Å². The number of fused-ring (bicyclic) bond motifs is 1. The summed E-state index contributed by atoms with van der Waals surface area (Å²) in [5, 5.41) is 0. The molecule has 8 heteroatoms. The number of halogens is 3. The van der Waals surface area contributed by atoms with Crippen molar-refractivity contribution in [3.63, 3.8) is 0 Å². The number of methoxy groups -OCH3 is 1. The smallest absolute Gasteiger partial charge is 0.375 e. The van der Waals surface area contributed by atoms with Gasteiger partial charge in [0.1, 0.15) is 6.61 Å². The van der Waals surface area contributed by atoms with Crippen LogP contribution in [0, 0.1) is 5.92 Å². The predicted molar refractivity (Wildman–Crippen MR) is 92.1 cm³/mol. The number of carbonyl (C=O) groups is 2. The van der Waals surface area contributed by atoms with Gasteiger partial charge in [-0.1, -0.05) is 6.07 Å². The maximum atomic E-state index is 12.9. The highest BCUT2D eigenvalue weighted by molar-refractivity contribution is 5.94. The first-order valence-corrected chi connectivity index (χ1v) is 9.06. The van der Waals surface area contributed by atoms with Gasteiger partial charge in [-0.05, 0) is 43.4 Å². The number of piperidine rings is 2. The number of likely N-dealkylation sites (tertiary alicyclic amines) is 2. The van der Waals surface area contributed by atoms with Crippen LogP contribution < -0.4 is 0 Å². The van der Waals surface area contributed by atoms with Crippen LogP contribution in [0.25, 0.3) is 0 Å². The average Bonchev–Trinajstić information content (AvgIpc) is 2.66. The van der Waals surface area contributed by atoms with Gasteiger partial charge >= 0.3 is 6.18 Å². The summed E-state index contributed by atoms with van der Waals surface area (Å²) in [5.74, 6) is -0.298. The number of rotatable bonds is 3. The van der Waals surface area contributed by atoms with Gasteiger partial charge in [0.2, 0.25) is 5.91 Å². The summed E-state index contributed by atoms with van der Waals surface area (Å²) in [5.41, 5.74) is -0.774. The number of carbonyl (C=O) groups excluding carboxylic acids is 2. The molecule has 0 aliphatic carbocycles. The summed E-state index contributed by atoms with van der Waals surface area (Å²) < 4.78 is 43.7. The van der Waals surface area contributed by atoms with Crippen LogP contribution in [0.5, 0.6) is 0 Å². The van der Waals surface area contributed by atoms with Crippen molar-refractivity contribution in [1.29, 1.82) is 0 Å². The minimum atomic E-state index is -4.48. The van der Waals surface area contributed by atoms with Gasteiger partial charge in [-0.15, -0.1) is 0 Å². The molecule has 0 N–H and O–H groups in total. The molecular formula is C19H23F3N2O3. The van der Waals surface area contributed by atoms with Crippen LogP contribution in [0.1, 0.15) is 35.2 Å². The van der Waals surface area contributed by atoms with Crippen LogP contribution in [-0.4, -0.2) is 61.0 Å². The Hall–Kier alpha value is -2.09. The fraction of sp³-hybridized carbons (Fsp3) is 0.579. The lowest BCUT2D eigenvalue weighted by atomic mass is 9.83. The van der Waals surface area contributed by atoms with E-state index in [1.165, 1.54) is 19.2 Å². The lowest BCUT2D eigenvalue weighted by molar-refractivity contribution is -0.142. The van der Waals surface area contributed by atoms with E-state index in [0.29, 0.717) is 26.1 Å². The van der Waals surface area contributed by atoms with Gasteiger partial charge in [0.15, 0.2) is 0 Å². The Morgan fingerprint density at radius 3 is 2.70 bits per heavy atom. The molecule has 2 heterocycles. The van der Waals surface area contributed by atoms with Gasteiger partial charge in [0, 0.05) is 38.3 Å². The number of benzene rings is 1. The summed E-state index contributed by atoms with van der Waals surface area (Å²) in [6, 6.07) is 4.60. The molecule has 2 aliphatic heterocycles. The molecule has 2 amide bonds. The summed E-state index contributed by atoms with van der Waals surface area (Å²) in [4.78, 5) is 28.4. The van der Waals surface area contributed by atoms with E-state index in [0.717, 1.165) is 25.0 Å². The Balaban J connectivity index is 1.71. The normalized spacial score (nSPS) is 23.1. The molecule has 3 rings (SSSR count). The number of alkyl halides is 3. The van der Waals surface area contributed by atoms with Gasteiger partial charge in [0.25, 0.3) is 5.91 Å². The zero-order chi connectivity index (χ0) is 19.6. The first-order chi connectivity index (χ1) is 12.8. The van der Waals surface area contributed by atoms with Crippen LogP contribution in [0.3, 0.4) is 0 Å². The molecule has 148 valence electrons. The highest BCUT2D eigenvalue weighted by Gasteiger charge is 2.39. The molecule has 27 heavy (non-hydrogen) atoms. The quantitative estimate of drug-likeness (QED) is 0.805.